The van der Waals surface area contributed by atoms with Gasteiger partial charge >= 0.3 is 22.3 Å². The van der Waals surface area contributed by atoms with Crippen molar-refractivity contribution in [3.8, 4) is 17.4 Å². The van der Waals surface area contributed by atoms with E-state index in [0.717, 1.165) is 6.07 Å². The Morgan fingerprint density at radius 1 is 1.11 bits per heavy atom. The van der Waals surface area contributed by atoms with Crippen LogP contribution in [0.15, 0.2) is 24.4 Å². The Hall–Kier alpha value is -2.99. The van der Waals surface area contributed by atoms with Gasteiger partial charge in [-0.15, -0.1) is 0 Å². The van der Waals surface area contributed by atoms with Crippen LogP contribution >= 0.6 is 11.6 Å². The summed E-state index contributed by atoms with van der Waals surface area (Å²) in [5.74, 6) is -15.4. The van der Waals surface area contributed by atoms with Crippen LogP contribution in [-0.4, -0.2) is 61.3 Å². The molecule has 1 aliphatic rings. The molecular formula is C18H11ClF9N3O5S. The summed E-state index contributed by atoms with van der Waals surface area (Å²) in [6.07, 6.45) is -5.25. The lowest BCUT2D eigenvalue weighted by Gasteiger charge is -2.37. The standard InChI is InChI=1S/C18H11ClF9N3O5S/c19-10-1-8(4-29-15(10)35-7-17(24,25)18(26,27)28)36-13-3-11(20)9(2-12(13)21)14(32)30-37(33,34)31-5-16(22,23)6-31/h1-4H,5-7H2,(H,30,32). The first-order valence-corrected chi connectivity index (χ1v) is 11.2. The molecule has 1 aliphatic heterocycles. The van der Waals surface area contributed by atoms with Crippen LogP contribution in [0.4, 0.5) is 39.5 Å². The van der Waals surface area contributed by atoms with Crippen molar-refractivity contribution >= 4 is 27.7 Å². The highest BCUT2D eigenvalue weighted by Gasteiger charge is 2.58. The number of nitrogens with zero attached hydrogens (tertiary/aromatic N) is 2. The summed E-state index contributed by atoms with van der Waals surface area (Å²) in [7, 11) is -4.77. The van der Waals surface area contributed by atoms with Gasteiger partial charge in [0.2, 0.25) is 5.88 Å². The van der Waals surface area contributed by atoms with Crippen LogP contribution < -0.4 is 14.2 Å². The van der Waals surface area contributed by atoms with E-state index in [1.54, 1.807) is 0 Å². The first kappa shape index (κ1) is 28.6. The predicted octanol–water partition coefficient (Wildman–Crippen LogP) is 4.31. The second-order valence-electron chi connectivity index (χ2n) is 7.37. The van der Waals surface area contributed by atoms with Crippen molar-refractivity contribution in [1.29, 1.82) is 0 Å². The van der Waals surface area contributed by atoms with Crippen molar-refractivity contribution in [1.82, 2.24) is 14.0 Å². The van der Waals surface area contributed by atoms with E-state index >= 15 is 0 Å². The molecule has 19 heteroatoms. The first-order valence-electron chi connectivity index (χ1n) is 9.41. The third-order valence-electron chi connectivity index (χ3n) is 4.46. The highest BCUT2D eigenvalue weighted by molar-refractivity contribution is 7.87. The van der Waals surface area contributed by atoms with Gasteiger partial charge in [0.05, 0.1) is 24.8 Å². The molecule has 0 bridgehead atoms. The molecule has 204 valence electrons. The SMILES string of the molecule is O=C(NS(=O)(=O)N1CC(F)(F)C1)c1cc(F)c(Oc2cnc(OCC(F)(F)C(F)(F)F)c(Cl)c2)cc1F. The maximum Gasteiger partial charge on any atom is 0.456 e. The Morgan fingerprint density at radius 3 is 2.27 bits per heavy atom. The van der Waals surface area contributed by atoms with Gasteiger partial charge in [0.1, 0.15) is 16.6 Å². The highest BCUT2D eigenvalue weighted by atomic mass is 35.5. The number of benzene rings is 1. The molecule has 1 N–H and O–H groups in total. The molecule has 8 nitrogen and oxygen atoms in total. The number of amides is 1. The van der Waals surface area contributed by atoms with Crippen LogP contribution in [-0.2, 0) is 10.2 Å². The van der Waals surface area contributed by atoms with E-state index in [1.165, 1.54) is 4.72 Å². The summed E-state index contributed by atoms with van der Waals surface area (Å²) in [5, 5.41) is -0.644. The van der Waals surface area contributed by atoms with Crippen LogP contribution in [0.2, 0.25) is 5.02 Å². The number of pyridine rings is 1. The number of halogens is 10. The molecule has 0 unspecified atom stereocenters. The molecule has 1 saturated heterocycles. The number of hydrogen-bond donors (Lipinski definition) is 1. The maximum atomic E-state index is 14.4. The minimum Gasteiger partial charge on any atom is -0.470 e. The summed E-state index contributed by atoms with van der Waals surface area (Å²) in [6.45, 7) is -4.59. The average Bonchev–Trinajstić information content (AvgIpc) is 2.72. The summed E-state index contributed by atoms with van der Waals surface area (Å²) in [6, 6.07) is 1.28. The lowest BCUT2D eigenvalue weighted by Crippen LogP contribution is -2.61. The lowest BCUT2D eigenvalue weighted by molar-refractivity contribution is -0.290. The van der Waals surface area contributed by atoms with Crippen LogP contribution in [0.5, 0.6) is 17.4 Å². The minimum absolute atomic E-state index is 0.199. The maximum absolute atomic E-state index is 14.4. The molecule has 0 aliphatic carbocycles. The van der Waals surface area contributed by atoms with Crippen LogP contribution in [0.25, 0.3) is 0 Å². The molecule has 37 heavy (non-hydrogen) atoms. The fourth-order valence-electron chi connectivity index (χ4n) is 2.59. The number of aromatic nitrogens is 1. The van der Waals surface area contributed by atoms with Gasteiger partial charge in [-0.3, -0.25) is 4.79 Å². The zero-order valence-electron chi connectivity index (χ0n) is 17.6. The van der Waals surface area contributed by atoms with Crippen molar-refractivity contribution in [3.63, 3.8) is 0 Å². The van der Waals surface area contributed by atoms with Gasteiger partial charge in [0, 0.05) is 12.1 Å². The number of carbonyl (C=O) groups is 1. The quantitative estimate of drug-likeness (QED) is 0.463. The molecule has 0 radical (unpaired) electrons. The van der Waals surface area contributed by atoms with E-state index in [1.807, 2.05) is 0 Å². The van der Waals surface area contributed by atoms with E-state index in [-0.39, 0.29) is 10.4 Å². The zero-order chi connectivity index (χ0) is 28.0. The number of nitrogens with one attached hydrogen (secondary N) is 1. The Morgan fingerprint density at radius 2 is 1.73 bits per heavy atom. The molecule has 1 aromatic heterocycles. The zero-order valence-corrected chi connectivity index (χ0v) is 19.1. The van der Waals surface area contributed by atoms with Crippen molar-refractivity contribution < 1.29 is 62.2 Å². The molecule has 1 fully saturated rings. The number of carbonyl (C=O) groups excluding carboxylic acids is 1. The third-order valence-corrected chi connectivity index (χ3v) is 6.11. The second kappa shape index (κ2) is 9.71. The third kappa shape index (κ3) is 6.48. The van der Waals surface area contributed by atoms with Crippen LogP contribution in [0, 0.1) is 11.6 Å². The largest absolute Gasteiger partial charge is 0.470 e. The van der Waals surface area contributed by atoms with E-state index < -0.39 is 93.4 Å². The summed E-state index contributed by atoms with van der Waals surface area (Å²) in [4.78, 5) is 15.4. The molecule has 0 saturated carbocycles. The summed E-state index contributed by atoms with van der Waals surface area (Å²) < 4.78 is 152. The Kier molecular flexibility index (Phi) is 7.50. The van der Waals surface area contributed by atoms with E-state index in [0.29, 0.717) is 12.3 Å². The smallest absolute Gasteiger partial charge is 0.456 e. The van der Waals surface area contributed by atoms with Crippen LogP contribution in [0.1, 0.15) is 10.4 Å². The molecular weight excluding hydrogens is 577 g/mol. The van der Waals surface area contributed by atoms with Crippen molar-refractivity contribution in [2.75, 3.05) is 19.7 Å². The molecule has 1 amide bonds. The molecule has 3 rings (SSSR count). The molecule has 0 spiro atoms. The van der Waals surface area contributed by atoms with Crippen molar-refractivity contribution in [2.45, 2.75) is 18.0 Å². The minimum atomic E-state index is -5.90. The van der Waals surface area contributed by atoms with E-state index in [2.05, 4.69) is 9.72 Å². The highest BCUT2D eigenvalue weighted by Crippen LogP contribution is 2.37. The second-order valence-corrected chi connectivity index (χ2v) is 9.45. The Balaban J connectivity index is 1.70. The van der Waals surface area contributed by atoms with Gasteiger partial charge in [-0.05, 0) is 6.07 Å². The number of ether oxygens (including phenoxy) is 2. The first-order chi connectivity index (χ1) is 16.8. The summed E-state index contributed by atoms with van der Waals surface area (Å²) in [5.41, 5.74) is -1.13. The van der Waals surface area contributed by atoms with Gasteiger partial charge in [-0.1, -0.05) is 11.6 Å². The van der Waals surface area contributed by atoms with Gasteiger partial charge in [-0.25, -0.2) is 27.3 Å². The monoisotopic (exact) mass is 587 g/mol. The fourth-order valence-corrected chi connectivity index (χ4v) is 4.00. The van der Waals surface area contributed by atoms with Gasteiger partial charge in [0.25, 0.3) is 11.8 Å². The molecule has 2 heterocycles. The van der Waals surface area contributed by atoms with Crippen LogP contribution in [0.3, 0.4) is 0 Å². The lowest BCUT2D eigenvalue weighted by atomic mass is 10.2. The number of hydrogen-bond acceptors (Lipinski definition) is 6. The topological polar surface area (TPSA) is 97.8 Å². The fraction of sp³-hybridized carbons (Fsp3) is 0.333. The van der Waals surface area contributed by atoms with Gasteiger partial charge in [-0.2, -0.15) is 34.7 Å². The van der Waals surface area contributed by atoms with Gasteiger partial charge < -0.3 is 9.47 Å². The van der Waals surface area contributed by atoms with Crippen molar-refractivity contribution in [3.05, 3.63) is 46.6 Å². The number of rotatable bonds is 8. The average molecular weight is 588 g/mol. The number of alkyl halides is 7. The molecule has 1 aromatic carbocycles. The summed E-state index contributed by atoms with van der Waals surface area (Å²) >= 11 is 5.68. The predicted molar refractivity (Wildman–Crippen MR) is 105 cm³/mol. The Labute approximate surface area is 206 Å². The van der Waals surface area contributed by atoms with Crippen molar-refractivity contribution in [2.24, 2.45) is 0 Å². The van der Waals surface area contributed by atoms with E-state index in [4.69, 9.17) is 16.3 Å². The molecule has 2 aromatic rings. The Bertz CT molecular complexity index is 1320. The molecule has 0 atom stereocenters. The normalized spacial score (nSPS) is 16.2. The van der Waals surface area contributed by atoms with Gasteiger partial charge in [0.15, 0.2) is 18.2 Å². The van der Waals surface area contributed by atoms with E-state index in [9.17, 15) is 52.7 Å².